The Morgan fingerprint density at radius 2 is 1.41 bits per heavy atom. The molecule has 2 atom stereocenters. The summed E-state index contributed by atoms with van der Waals surface area (Å²) in [6, 6.07) is 0. The largest absolute Gasteiger partial charge is 0.319 e. The number of rotatable bonds is 7. The summed E-state index contributed by atoms with van der Waals surface area (Å²) in [5.41, 5.74) is -2.24. The molecule has 0 aliphatic rings. The maximum Gasteiger partial charge on any atom is 0.248 e. The summed E-state index contributed by atoms with van der Waals surface area (Å²) in [7, 11) is 0. The Labute approximate surface area is 116 Å². The zero-order valence-corrected chi connectivity index (χ0v) is 14.7. The van der Waals surface area contributed by atoms with Crippen molar-refractivity contribution in [1.29, 1.82) is 0 Å². The topological polar surface area (TPSA) is 18.5 Å². The van der Waals surface area contributed by atoms with Gasteiger partial charge in [-0.25, -0.2) is 0 Å². The molecule has 104 valence electrons. The lowest BCUT2D eigenvalue weighted by molar-refractivity contribution is 0.163. The summed E-state index contributed by atoms with van der Waals surface area (Å²) in [6.45, 7) is 14.8. The molecule has 2 nitrogen and oxygen atoms in total. The first-order chi connectivity index (χ1) is 7.62. The van der Waals surface area contributed by atoms with E-state index in [0.29, 0.717) is 0 Å². The summed E-state index contributed by atoms with van der Waals surface area (Å²) in [5, 5.41) is 0. The Balaban J connectivity index is 4.75. The number of hydrogen-bond acceptors (Lipinski definition) is 4. The summed E-state index contributed by atoms with van der Waals surface area (Å²) < 4.78 is 12.1. The third-order valence-electron chi connectivity index (χ3n) is 2.15. The zero-order valence-electron chi connectivity index (χ0n) is 12.1. The minimum absolute atomic E-state index is 0.0659. The lowest BCUT2D eigenvalue weighted by Crippen LogP contribution is -2.14. The van der Waals surface area contributed by atoms with Crippen LogP contribution in [0, 0.1) is 0 Å². The highest BCUT2D eigenvalue weighted by molar-refractivity contribution is 8.68. The minimum Gasteiger partial charge on any atom is -0.319 e. The van der Waals surface area contributed by atoms with Gasteiger partial charge in [-0.3, -0.25) is 0 Å². The molecule has 0 aromatic heterocycles. The Bertz CT molecular complexity index is 248. The predicted molar refractivity (Wildman–Crippen MR) is 83.3 cm³/mol. The Kier molecular flexibility index (Phi) is 7.90. The van der Waals surface area contributed by atoms with Crippen LogP contribution in [-0.2, 0) is 20.9 Å². The highest BCUT2D eigenvalue weighted by atomic mass is 32.9. The molecule has 0 bridgehead atoms. The third-order valence-corrected chi connectivity index (χ3v) is 8.18. The fraction of sp³-hybridized carbons (Fsp3) is 1.00. The molecule has 0 aromatic carbocycles. The fourth-order valence-corrected chi connectivity index (χ4v) is 9.03. The van der Waals surface area contributed by atoms with Crippen LogP contribution in [0.2, 0.25) is 0 Å². The van der Waals surface area contributed by atoms with Gasteiger partial charge >= 0.3 is 0 Å². The van der Waals surface area contributed by atoms with Crippen LogP contribution < -0.4 is 0 Å². The molecule has 0 spiro atoms. The monoisotopic (exact) mass is 298 g/mol. The molecule has 0 rings (SSSR count). The van der Waals surface area contributed by atoms with Crippen molar-refractivity contribution in [3.8, 4) is 0 Å². The average molecular weight is 298 g/mol. The van der Waals surface area contributed by atoms with Gasteiger partial charge in [0.1, 0.15) is 0 Å². The second-order valence-electron chi connectivity index (χ2n) is 5.30. The van der Waals surface area contributed by atoms with E-state index in [0.717, 1.165) is 12.8 Å². The molecule has 0 radical (unpaired) electrons. The summed E-state index contributed by atoms with van der Waals surface area (Å²) in [4.78, 5) is 0. The van der Waals surface area contributed by atoms with Crippen molar-refractivity contribution in [3.05, 3.63) is 0 Å². The van der Waals surface area contributed by atoms with Crippen LogP contribution >= 0.6 is 17.1 Å². The molecule has 0 N–H and O–H groups in total. The lowest BCUT2D eigenvalue weighted by atomic mass is 10.3. The normalized spacial score (nSPS) is 19.7. The summed E-state index contributed by atoms with van der Waals surface area (Å²) in [5.74, 6) is 0. The molecule has 0 amide bonds. The van der Waals surface area contributed by atoms with Gasteiger partial charge in [0.2, 0.25) is 5.69 Å². The molecule has 0 saturated carbocycles. The van der Waals surface area contributed by atoms with Crippen molar-refractivity contribution in [3.63, 3.8) is 0 Å². The van der Waals surface area contributed by atoms with Crippen LogP contribution in [-0.4, -0.2) is 17.0 Å². The van der Waals surface area contributed by atoms with Crippen LogP contribution in [0.5, 0.6) is 0 Å². The van der Waals surface area contributed by atoms with Gasteiger partial charge in [-0.05, 0) is 38.5 Å². The molecular weight excluding hydrogens is 271 g/mol. The smallest absolute Gasteiger partial charge is 0.248 e. The second-order valence-corrected chi connectivity index (χ2v) is 12.1. The first-order valence-corrected chi connectivity index (χ1v) is 10.4. The van der Waals surface area contributed by atoms with Gasteiger partial charge in [0.25, 0.3) is 0 Å². The Morgan fingerprint density at radius 1 is 1.06 bits per heavy atom. The highest BCUT2D eigenvalue weighted by Gasteiger charge is 2.30. The molecule has 0 saturated heterocycles. The van der Waals surface area contributed by atoms with Gasteiger partial charge < -0.3 is 9.05 Å². The molecule has 5 heteroatoms. The van der Waals surface area contributed by atoms with E-state index in [1.165, 1.54) is 0 Å². The van der Waals surface area contributed by atoms with Crippen molar-refractivity contribution in [2.45, 2.75) is 78.3 Å². The molecule has 0 aliphatic heterocycles. The second kappa shape index (κ2) is 7.49. The van der Waals surface area contributed by atoms with E-state index in [1.54, 1.807) is 11.4 Å². The van der Waals surface area contributed by atoms with Crippen LogP contribution in [0.15, 0.2) is 0 Å². The number of hydrogen-bond donors (Lipinski definition) is 0. The van der Waals surface area contributed by atoms with Gasteiger partial charge in [-0.1, -0.05) is 46.0 Å². The molecule has 0 fully saturated rings. The lowest BCUT2D eigenvalue weighted by Gasteiger charge is -2.32. The van der Waals surface area contributed by atoms with Crippen molar-refractivity contribution in [2.24, 2.45) is 0 Å². The van der Waals surface area contributed by atoms with Gasteiger partial charge in [-0.15, -0.1) is 0 Å². The van der Waals surface area contributed by atoms with Crippen molar-refractivity contribution >= 4 is 28.9 Å². The molecule has 0 aromatic rings. The van der Waals surface area contributed by atoms with Gasteiger partial charge in [0.05, 0.1) is 12.2 Å². The minimum atomic E-state index is -2.24. The first-order valence-electron chi connectivity index (χ1n) is 6.29. The van der Waals surface area contributed by atoms with Crippen molar-refractivity contribution in [2.75, 3.05) is 0 Å². The van der Waals surface area contributed by atoms with Gasteiger partial charge in [0.15, 0.2) is 0 Å². The summed E-state index contributed by atoms with van der Waals surface area (Å²) in [6.07, 6.45) is 2.26. The molecular formula is C12H27O2PS2. The van der Waals surface area contributed by atoms with Crippen LogP contribution in [0.4, 0.5) is 0 Å². The van der Waals surface area contributed by atoms with E-state index in [9.17, 15) is 0 Å². The molecule has 2 unspecified atom stereocenters. The fourth-order valence-electron chi connectivity index (χ4n) is 0.993. The van der Waals surface area contributed by atoms with E-state index in [4.69, 9.17) is 20.9 Å². The highest BCUT2D eigenvalue weighted by Crippen LogP contribution is 2.66. The SMILES string of the molecule is CCC(C)OP(=S)(OC(C)CC)SC(C)(C)C. The third kappa shape index (κ3) is 8.61. The van der Waals surface area contributed by atoms with Crippen LogP contribution in [0.1, 0.15) is 61.3 Å². The van der Waals surface area contributed by atoms with Crippen molar-refractivity contribution < 1.29 is 9.05 Å². The predicted octanol–water partition coefficient (Wildman–Crippen LogP) is 5.37. The van der Waals surface area contributed by atoms with E-state index >= 15 is 0 Å². The van der Waals surface area contributed by atoms with E-state index in [1.807, 2.05) is 0 Å². The molecule has 0 heterocycles. The Morgan fingerprint density at radius 3 is 1.65 bits per heavy atom. The standard InChI is InChI=1S/C12H27O2PS2/c1-8-10(3)13-15(16,14-11(4)9-2)17-12(5,6)7/h10-11H,8-9H2,1-7H3. The molecule has 17 heavy (non-hydrogen) atoms. The average Bonchev–Trinajstić information content (AvgIpc) is 2.13. The van der Waals surface area contributed by atoms with Crippen LogP contribution in [0.25, 0.3) is 0 Å². The summed E-state index contributed by atoms with van der Waals surface area (Å²) >= 11 is 7.34. The quantitative estimate of drug-likeness (QED) is 0.588. The zero-order chi connectivity index (χ0) is 13.7. The van der Waals surface area contributed by atoms with E-state index in [-0.39, 0.29) is 17.0 Å². The van der Waals surface area contributed by atoms with E-state index < -0.39 is 5.69 Å². The van der Waals surface area contributed by atoms with Crippen molar-refractivity contribution in [1.82, 2.24) is 0 Å². The van der Waals surface area contributed by atoms with E-state index in [2.05, 4.69) is 48.5 Å². The van der Waals surface area contributed by atoms with Crippen LogP contribution in [0.3, 0.4) is 0 Å². The maximum absolute atomic E-state index is 6.00. The Hall–Kier alpha value is 0.920. The molecule has 0 aliphatic carbocycles. The van der Waals surface area contributed by atoms with Gasteiger partial charge in [0, 0.05) is 4.75 Å². The maximum atomic E-state index is 6.00. The van der Waals surface area contributed by atoms with Gasteiger partial charge in [-0.2, -0.15) is 0 Å². The first kappa shape index (κ1) is 17.9.